The van der Waals surface area contributed by atoms with Crippen molar-refractivity contribution in [1.82, 2.24) is 0 Å². The smallest absolute Gasteiger partial charge is 0.209 e. The van der Waals surface area contributed by atoms with Gasteiger partial charge in [-0.3, -0.25) is 0 Å². The second kappa shape index (κ2) is 7.75. The van der Waals surface area contributed by atoms with Crippen LogP contribution in [0.25, 0.3) is 0 Å². The molecule has 0 unspecified atom stereocenters. The first-order valence-electron chi connectivity index (χ1n) is 10.3. The van der Waals surface area contributed by atoms with Crippen molar-refractivity contribution in [3.8, 4) is 0 Å². The summed E-state index contributed by atoms with van der Waals surface area (Å²) in [6, 6.07) is 17.5. The van der Waals surface area contributed by atoms with Gasteiger partial charge in [0.15, 0.2) is 5.71 Å². The standard InChI is InChI=1S/C26H31N2.HI/c1-7-28-22-16-11-9-14-20(22)26(4,5)24(28)18-12-17-23-25(2,3)19-13-8-10-15-21(19)27(23)6;/h8-18H,7H2,1-6H3;1H/q+1;/p-1. The fourth-order valence-corrected chi connectivity index (χ4v) is 5.01. The molecule has 0 aliphatic carbocycles. The van der Waals surface area contributed by atoms with Crippen LogP contribution in [0.15, 0.2) is 72.5 Å². The number of rotatable bonds is 3. The molecule has 0 spiro atoms. The average Bonchev–Trinajstić information content (AvgIpc) is 3.02. The fraction of sp³-hybridized carbons (Fsp3) is 0.346. The maximum atomic E-state index is 2.45. The number of allylic oxidation sites excluding steroid dienone is 4. The highest BCUT2D eigenvalue weighted by molar-refractivity contribution is 6.03. The SMILES string of the molecule is CCN1C(=CC=CC2=[N+](C)c3ccccc3C2(C)C)C(C)(C)c2ccccc21.[I-]. The second-order valence-electron chi connectivity index (χ2n) is 8.88. The van der Waals surface area contributed by atoms with Crippen molar-refractivity contribution in [2.45, 2.75) is 45.4 Å². The van der Waals surface area contributed by atoms with Gasteiger partial charge >= 0.3 is 0 Å². The van der Waals surface area contributed by atoms with Gasteiger partial charge in [-0.2, -0.15) is 4.58 Å². The van der Waals surface area contributed by atoms with Crippen LogP contribution in [-0.4, -0.2) is 23.9 Å². The predicted molar refractivity (Wildman–Crippen MR) is 120 cm³/mol. The van der Waals surface area contributed by atoms with Crippen LogP contribution >= 0.6 is 0 Å². The van der Waals surface area contributed by atoms with E-state index in [2.05, 4.69) is 118 Å². The van der Waals surface area contributed by atoms with Crippen molar-refractivity contribution < 1.29 is 28.6 Å². The van der Waals surface area contributed by atoms with Crippen molar-refractivity contribution >= 4 is 17.1 Å². The van der Waals surface area contributed by atoms with Crippen LogP contribution in [-0.2, 0) is 10.8 Å². The summed E-state index contributed by atoms with van der Waals surface area (Å²) in [6.07, 6.45) is 6.84. The van der Waals surface area contributed by atoms with Gasteiger partial charge in [-0.05, 0) is 38.5 Å². The molecule has 29 heavy (non-hydrogen) atoms. The van der Waals surface area contributed by atoms with Crippen LogP contribution < -0.4 is 28.9 Å². The van der Waals surface area contributed by atoms with Crippen molar-refractivity contribution in [3.05, 3.63) is 83.6 Å². The zero-order chi connectivity index (χ0) is 20.1. The molecule has 0 saturated heterocycles. The minimum atomic E-state index is 0. The van der Waals surface area contributed by atoms with Gasteiger partial charge in [-0.1, -0.05) is 56.3 Å². The van der Waals surface area contributed by atoms with Gasteiger partial charge in [0.1, 0.15) is 7.05 Å². The number of hydrogen-bond donors (Lipinski definition) is 0. The quantitative estimate of drug-likeness (QED) is 0.466. The van der Waals surface area contributed by atoms with E-state index in [0.29, 0.717) is 0 Å². The monoisotopic (exact) mass is 498 g/mol. The minimum Gasteiger partial charge on any atom is -1.00 e. The molecule has 2 nitrogen and oxygen atoms in total. The summed E-state index contributed by atoms with van der Waals surface area (Å²) in [6.45, 7) is 12.5. The summed E-state index contributed by atoms with van der Waals surface area (Å²) in [5, 5.41) is 0. The molecule has 3 heteroatoms. The van der Waals surface area contributed by atoms with E-state index >= 15 is 0 Å². The van der Waals surface area contributed by atoms with Gasteiger partial charge in [0, 0.05) is 41.1 Å². The molecule has 2 heterocycles. The lowest BCUT2D eigenvalue weighted by molar-refractivity contribution is -0.401. The van der Waals surface area contributed by atoms with E-state index in [0.717, 1.165) is 6.54 Å². The summed E-state index contributed by atoms with van der Waals surface area (Å²) in [5.41, 5.74) is 8.19. The average molecular weight is 498 g/mol. The van der Waals surface area contributed by atoms with Crippen molar-refractivity contribution in [1.29, 1.82) is 0 Å². The highest BCUT2D eigenvalue weighted by Gasteiger charge is 2.42. The van der Waals surface area contributed by atoms with E-state index in [4.69, 9.17) is 0 Å². The highest BCUT2D eigenvalue weighted by Crippen LogP contribution is 2.47. The molecular weight excluding hydrogens is 467 g/mol. The Hall–Kier alpha value is -1.88. The molecule has 0 N–H and O–H groups in total. The number of halogens is 1. The van der Waals surface area contributed by atoms with Gasteiger partial charge in [0.25, 0.3) is 0 Å². The zero-order valence-corrected chi connectivity index (χ0v) is 20.5. The van der Waals surface area contributed by atoms with Gasteiger partial charge < -0.3 is 28.9 Å². The topological polar surface area (TPSA) is 6.25 Å². The number of likely N-dealkylation sites (N-methyl/N-ethyl adjacent to an activating group) is 1. The third-order valence-corrected chi connectivity index (χ3v) is 6.56. The molecule has 0 aromatic heterocycles. The summed E-state index contributed by atoms with van der Waals surface area (Å²) >= 11 is 0. The third-order valence-electron chi connectivity index (χ3n) is 6.56. The number of anilines is 1. The molecule has 0 amide bonds. The van der Waals surface area contributed by atoms with Crippen LogP contribution in [0.3, 0.4) is 0 Å². The molecule has 2 aliphatic heterocycles. The molecule has 0 radical (unpaired) electrons. The summed E-state index contributed by atoms with van der Waals surface area (Å²) in [7, 11) is 2.17. The molecular formula is C26H31IN2. The first-order valence-corrected chi connectivity index (χ1v) is 10.3. The maximum absolute atomic E-state index is 2.45. The second-order valence-corrected chi connectivity index (χ2v) is 8.88. The molecule has 4 rings (SSSR count). The summed E-state index contributed by atoms with van der Waals surface area (Å²) < 4.78 is 2.33. The Morgan fingerprint density at radius 2 is 1.52 bits per heavy atom. The fourth-order valence-electron chi connectivity index (χ4n) is 5.01. The van der Waals surface area contributed by atoms with Crippen molar-refractivity contribution in [2.75, 3.05) is 18.5 Å². The molecule has 152 valence electrons. The van der Waals surface area contributed by atoms with E-state index < -0.39 is 0 Å². The Labute approximate surface area is 192 Å². The number of benzene rings is 2. The van der Waals surface area contributed by atoms with Crippen LogP contribution in [0.4, 0.5) is 11.4 Å². The molecule has 0 atom stereocenters. The number of para-hydroxylation sites is 2. The Balaban J connectivity index is 0.00000240. The van der Waals surface area contributed by atoms with E-state index in [-0.39, 0.29) is 34.8 Å². The first-order chi connectivity index (χ1) is 13.3. The Morgan fingerprint density at radius 3 is 2.17 bits per heavy atom. The third kappa shape index (κ3) is 3.27. The molecule has 0 saturated carbocycles. The lowest BCUT2D eigenvalue weighted by Gasteiger charge is -2.25. The highest BCUT2D eigenvalue weighted by atomic mass is 127. The van der Waals surface area contributed by atoms with Gasteiger partial charge in [-0.25, -0.2) is 0 Å². The van der Waals surface area contributed by atoms with Gasteiger partial charge in [0.2, 0.25) is 5.69 Å². The van der Waals surface area contributed by atoms with Crippen molar-refractivity contribution in [3.63, 3.8) is 0 Å². The lowest BCUT2D eigenvalue weighted by atomic mass is 9.81. The molecule has 2 aliphatic rings. The zero-order valence-electron chi connectivity index (χ0n) is 18.3. The number of fused-ring (bicyclic) bond motifs is 2. The predicted octanol–water partition coefficient (Wildman–Crippen LogP) is 2.95. The van der Waals surface area contributed by atoms with E-state index in [1.54, 1.807) is 0 Å². The first kappa shape index (κ1) is 21.8. The molecule has 0 fully saturated rings. The van der Waals surface area contributed by atoms with Crippen LogP contribution in [0.2, 0.25) is 0 Å². The van der Waals surface area contributed by atoms with Crippen LogP contribution in [0, 0.1) is 0 Å². The van der Waals surface area contributed by atoms with E-state index in [1.807, 2.05) is 0 Å². The van der Waals surface area contributed by atoms with E-state index in [1.165, 1.54) is 33.9 Å². The summed E-state index contributed by atoms with van der Waals surface area (Å²) in [4.78, 5) is 2.45. The minimum absolute atomic E-state index is 0. The number of hydrogen-bond acceptors (Lipinski definition) is 1. The van der Waals surface area contributed by atoms with Gasteiger partial charge in [0.05, 0.1) is 5.41 Å². The van der Waals surface area contributed by atoms with Crippen LogP contribution in [0.1, 0.15) is 45.7 Å². The Kier molecular flexibility index (Phi) is 5.83. The Bertz CT molecular complexity index is 1020. The van der Waals surface area contributed by atoms with Crippen molar-refractivity contribution in [2.24, 2.45) is 0 Å². The normalized spacial score (nSPS) is 20.2. The van der Waals surface area contributed by atoms with Crippen LogP contribution in [0.5, 0.6) is 0 Å². The van der Waals surface area contributed by atoms with Gasteiger partial charge in [-0.15, -0.1) is 0 Å². The molecule has 2 aromatic carbocycles. The van der Waals surface area contributed by atoms with E-state index in [9.17, 15) is 0 Å². The largest absolute Gasteiger partial charge is 1.00 e. The maximum Gasteiger partial charge on any atom is 0.209 e. The number of nitrogens with zero attached hydrogens (tertiary/aromatic N) is 2. The Morgan fingerprint density at radius 1 is 0.897 bits per heavy atom. The lowest BCUT2D eigenvalue weighted by Crippen LogP contribution is -3.00. The molecule has 2 aromatic rings. The summed E-state index contributed by atoms with van der Waals surface area (Å²) in [5.74, 6) is 0. The molecule has 0 bridgehead atoms.